The van der Waals surface area contributed by atoms with E-state index in [4.69, 9.17) is 4.74 Å². The normalized spacial score (nSPS) is 11.2. The van der Waals surface area contributed by atoms with Gasteiger partial charge in [0.05, 0.1) is 12.2 Å². The molecule has 0 aromatic heterocycles. The Balaban J connectivity index is 2.85. The summed E-state index contributed by atoms with van der Waals surface area (Å²) in [5.74, 6) is -0.445. The second kappa shape index (κ2) is 6.36. The maximum Gasteiger partial charge on any atom is 0.416 e. The summed E-state index contributed by atoms with van der Waals surface area (Å²) in [6.45, 7) is 1.90. The van der Waals surface area contributed by atoms with Crippen molar-refractivity contribution >= 4 is 12.3 Å². The first kappa shape index (κ1) is 15.2. The zero-order valence-electron chi connectivity index (χ0n) is 10.3. The standard InChI is InChI=1S/C13H13F3O3/c1-2-19-12(18)6-4-9-3-5-11(13(14,15)16)7-10(9)8-17/h3,5,7-8H,2,4,6H2,1H3. The van der Waals surface area contributed by atoms with Gasteiger partial charge in [-0.1, -0.05) is 6.07 Å². The average molecular weight is 274 g/mol. The smallest absolute Gasteiger partial charge is 0.416 e. The number of aryl methyl sites for hydroxylation is 1. The lowest BCUT2D eigenvalue weighted by Gasteiger charge is -2.10. The van der Waals surface area contributed by atoms with Crippen molar-refractivity contribution in [2.45, 2.75) is 25.9 Å². The summed E-state index contributed by atoms with van der Waals surface area (Å²) in [6.07, 6.45) is -3.93. The molecule has 0 aliphatic heterocycles. The van der Waals surface area contributed by atoms with Crippen LogP contribution in [0.2, 0.25) is 0 Å². The van der Waals surface area contributed by atoms with Crippen LogP contribution in [0.3, 0.4) is 0 Å². The van der Waals surface area contributed by atoms with E-state index in [-0.39, 0.29) is 25.0 Å². The topological polar surface area (TPSA) is 43.4 Å². The van der Waals surface area contributed by atoms with Crippen LogP contribution >= 0.6 is 0 Å². The third-order valence-corrected chi connectivity index (χ3v) is 2.50. The van der Waals surface area contributed by atoms with Gasteiger partial charge in [-0.2, -0.15) is 13.2 Å². The predicted molar refractivity (Wildman–Crippen MR) is 61.8 cm³/mol. The minimum atomic E-state index is -4.49. The number of aldehydes is 1. The molecule has 0 aliphatic rings. The molecule has 0 unspecified atom stereocenters. The highest BCUT2D eigenvalue weighted by atomic mass is 19.4. The average Bonchev–Trinajstić information content (AvgIpc) is 2.35. The molecule has 0 heterocycles. The van der Waals surface area contributed by atoms with E-state index in [9.17, 15) is 22.8 Å². The summed E-state index contributed by atoms with van der Waals surface area (Å²) >= 11 is 0. The van der Waals surface area contributed by atoms with Crippen molar-refractivity contribution in [3.8, 4) is 0 Å². The fourth-order valence-corrected chi connectivity index (χ4v) is 1.58. The quantitative estimate of drug-likeness (QED) is 0.612. The summed E-state index contributed by atoms with van der Waals surface area (Å²) in [5.41, 5.74) is -0.537. The fraction of sp³-hybridized carbons (Fsp3) is 0.385. The molecule has 0 N–H and O–H groups in total. The first-order chi connectivity index (χ1) is 8.88. The molecule has 0 saturated heterocycles. The van der Waals surface area contributed by atoms with E-state index in [2.05, 4.69) is 0 Å². The minimum Gasteiger partial charge on any atom is -0.466 e. The van der Waals surface area contributed by atoms with Crippen LogP contribution in [0, 0.1) is 0 Å². The number of ether oxygens (including phenoxy) is 1. The molecule has 1 aromatic rings. The zero-order valence-corrected chi connectivity index (χ0v) is 10.3. The Hall–Kier alpha value is -1.85. The van der Waals surface area contributed by atoms with E-state index < -0.39 is 17.7 Å². The van der Waals surface area contributed by atoms with Gasteiger partial charge in [0.25, 0.3) is 0 Å². The zero-order chi connectivity index (χ0) is 14.5. The van der Waals surface area contributed by atoms with E-state index in [0.29, 0.717) is 11.8 Å². The Morgan fingerprint density at radius 1 is 1.37 bits per heavy atom. The van der Waals surface area contributed by atoms with Gasteiger partial charge in [-0.15, -0.1) is 0 Å². The van der Waals surface area contributed by atoms with Crippen molar-refractivity contribution in [3.63, 3.8) is 0 Å². The number of hydrogen-bond acceptors (Lipinski definition) is 3. The van der Waals surface area contributed by atoms with Crippen molar-refractivity contribution in [1.82, 2.24) is 0 Å². The van der Waals surface area contributed by atoms with Crippen molar-refractivity contribution < 1.29 is 27.5 Å². The molecule has 0 fully saturated rings. The SMILES string of the molecule is CCOC(=O)CCc1ccc(C(F)(F)F)cc1C=O. The van der Waals surface area contributed by atoms with Crippen molar-refractivity contribution in [1.29, 1.82) is 0 Å². The maximum atomic E-state index is 12.5. The van der Waals surface area contributed by atoms with E-state index in [1.165, 1.54) is 6.07 Å². The summed E-state index contributed by atoms with van der Waals surface area (Å²) in [7, 11) is 0. The number of hydrogen-bond donors (Lipinski definition) is 0. The van der Waals surface area contributed by atoms with Gasteiger partial charge >= 0.3 is 12.1 Å². The van der Waals surface area contributed by atoms with Crippen molar-refractivity contribution in [3.05, 3.63) is 34.9 Å². The lowest BCUT2D eigenvalue weighted by molar-refractivity contribution is -0.143. The largest absolute Gasteiger partial charge is 0.466 e. The molecule has 0 aliphatic carbocycles. The van der Waals surface area contributed by atoms with Crippen molar-refractivity contribution in [2.75, 3.05) is 6.61 Å². The highest BCUT2D eigenvalue weighted by Gasteiger charge is 2.30. The third-order valence-electron chi connectivity index (χ3n) is 2.50. The summed E-state index contributed by atoms with van der Waals surface area (Å²) in [5, 5.41) is 0. The molecule has 104 valence electrons. The highest BCUT2D eigenvalue weighted by Crippen LogP contribution is 2.30. The molecule has 19 heavy (non-hydrogen) atoms. The molecule has 0 spiro atoms. The van der Waals surface area contributed by atoms with Gasteiger partial charge < -0.3 is 4.74 Å². The van der Waals surface area contributed by atoms with Crippen LogP contribution < -0.4 is 0 Å². The molecule has 1 aromatic carbocycles. The van der Waals surface area contributed by atoms with Gasteiger partial charge in [0, 0.05) is 12.0 Å². The van der Waals surface area contributed by atoms with Gasteiger partial charge in [-0.25, -0.2) is 0 Å². The number of alkyl halides is 3. The molecule has 3 nitrogen and oxygen atoms in total. The van der Waals surface area contributed by atoms with E-state index >= 15 is 0 Å². The molecule has 0 atom stereocenters. The Morgan fingerprint density at radius 2 is 2.05 bits per heavy atom. The summed E-state index contributed by atoms with van der Waals surface area (Å²) < 4.78 is 42.1. The minimum absolute atomic E-state index is 0.0278. The number of benzene rings is 1. The molecular weight excluding hydrogens is 261 g/mol. The monoisotopic (exact) mass is 274 g/mol. The first-order valence-electron chi connectivity index (χ1n) is 5.69. The van der Waals surface area contributed by atoms with Crippen molar-refractivity contribution in [2.24, 2.45) is 0 Å². The molecular formula is C13H13F3O3. The molecule has 0 saturated carbocycles. The molecule has 0 amide bonds. The number of carbonyl (C=O) groups is 2. The molecule has 1 rings (SSSR count). The van der Waals surface area contributed by atoms with E-state index in [1.807, 2.05) is 0 Å². The second-order valence-electron chi connectivity index (χ2n) is 3.83. The van der Waals surface area contributed by atoms with Crippen LogP contribution in [0.4, 0.5) is 13.2 Å². The fourth-order valence-electron chi connectivity index (χ4n) is 1.58. The Labute approximate surface area is 108 Å². The predicted octanol–water partition coefficient (Wildman–Crippen LogP) is 3.01. The number of halogens is 3. The lowest BCUT2D eigenvalue weighted by atomic mass is 10.0. The summed E-state index contributed by atoms with van der Waals surface area (Å²) in [6, 6.07) is 2.90. The van der Waals surface area contributed by atoms with Crippen LogP contribution in [-0.4, -0.2) is 18.9 Å². The Kier molecular flexibility index (Phi) is 5.09. The van der Waals surface area contributed by atoms with Crippen LogP contribution in [0.25, 0.3) is 0 Å². The number of rotatable bonds is 5. The molecule has 0 radical (unpaired) electrons. The first-order valence-corrected chi connectivity index (χ1v) is 5.69. The third kappa shape index (κ3) is 4.39. The Morgan fingerprint density at radius 3 is 2.58 bits per heavy atom. The molecule has 6 heteroatoms. The van der Waals surface area contributed by atoms with Crippen LogP contribution in [-0.2, 0) is 22.1 Å². The van der Waals surface area contributed by atoms with E-state index in [0.717, 1.165) is 12.1 Å². The van der Waals surface area contributed by atoms with Gasteiger partial charge in [0.1, 0.15) is 6.29 Å². The van der Waals surface area contributed by atoms with Crippen LogP contribution in [0.1, 0.15) is 34.8 Å². The van der Waals surface area contributed by atoms with Gasteiger partial charge in [-0.3, -0.25) is 9.59 Å². The number of carbonyl (C=O) groups excluding carboxylic acids is 2. The Bertz CT molecular complexity index is 467. The highest BCUT2D eigenvalue weighted by molar-refractivity contribution is 5.78. The van der Waals surface area contributed by atoms with Gasteiger partial charge in [0.2, 0.25) is 0 Å². The maximum absolute atomic E-state index is 12.5. The van der Waals surface area contributed by atoms with E-state index in [1.54, 1.807) is 6.92 Å². The molecule has 0 bridgehead atoms. The van der Waals surface area contributed by atoms with Crippen LogP contribution in [0.15, 0.2) is 18.2 Å². The lowest BCUT2D eigenvalue weighted by Crippen LogP contribution is -2.09. The summed E-state index contributed by atoms with van der Waals surface area (Å²) in [4.78, 5) is 21.9. The van der Waals surface area contributed by atoms with Crippen LogP contribution in [0.5, 0.6) is 0 Å². The number of esters is 1. The van der Waals surface area contributed by atoms with Gasteiger partial charge in [0.15, 0.2) is 0 Å². The van der Waals surface area contributed by atoms with Gasteiger partial charge in [-0.05, 0) is 31.0 Å². The second-order valence-corrected chi connectivity index (χ2v) is 3.83.